The zero-order valence-corrected chi connectivity index (χ0v) is 20.4. The first kappa shape index (κ1) is 23.7. The van der Waals surface area contributed by atoms with E-state index in [9.17, 15) is 14.9 Å². The second kappa shape index (κ2) is 11.1. The van der Waals surface area contributed by atoms with E-state index in [1.165, 1.54) is 17.4 Å². The van der Waals surface area contributed by atoms with Gasteiger partial charge in [-0.3, -0.25) is 9.48 Å². The van der Waals surface area contributed by atoms with Crippen LogP contribution in [0.15, 0.2) is 35.2 Å². The van der Waals surface area contributed by atoms with Gasteiger partial charge in [-0.15, -0.1) is 11.3 Å². The van der Waals surface area contributed by atoms with Crippen LogP contribution < -0.4 is 10.6 Å². The van der Waals surface area contributed by atoms with Gasteiger partial charge in [0.1, 0.15) is 11.1 Å². The van der Waals surface area contributed by atoms with Crippen LogP contribution in [0, 0.1) is 17.2 Å². The molecule has 0 spiro atoms. The Morgan fingerprint density at radius 1 is 1.41 bits per heavy atom. The number of nitrogens with one attached hydrogen (secondary N) is 2. The van der Waals surface area contributed by atoms with Crippen molar-refractivity contribution in [3.63, 3.8) is 0 Å². The van der Waals surface area contributed by atoms with Crippen molar-refractivity contribution in [1.29, 1.82) is 5.26 Å². The monoisotopic (exact) mass is 495 g/mol. The number of carbonyl (C=O) groups excluding carboxylic acids is 2. The molecule has 2 amide bonds. The summed E-state index contributed by atoms with van der Waals surface area (Å²) in [5.74, 6) is -0.0890. The third-order valence-corrected chi connectivity index (χ3v) is 7.53. The van der Waals surface area contributed by atoms with E-state index in [0.29, 0.717) is 30.1 Å². The average molecular weight is 496 g/mol. The summed E-state index contributed by atoms with van der Waals surface area (Å²) in [7, 11) is 0. The minimum atomic E-state index is -0.455. The lowest BCUT2D eigenvalue weighted by Gasteiger charge is -2.21. The molecule has 8 nitrogen and oxygen atoms in total. The molecule has 0 aliphatic heterocycles. The molecule has 34 heavy (non-hydrogen) atoms. The van der Waals surface area contributed by atoms with Gasteiger partial charge in [-0.05, 0) is 72.2 Å². The van der Waals surface area contributed by atoms with Crippen LogP contribution in [0.2, 0.25) is 0 Å². The molecular weight excluding hydrogens is 470 g/mol. The Kier molecular flexibility index (Phi) is 7.77. The number of nitrogens with zero attached hydrogens (tertiary/aromatic N) is 3. The topological polar surface area (TPSA) is 109 Å². The predicted octanol–water partition coefficient (Wildman–Crippen LogP) is 4.58. The van der Waals surface area contributed by atoms with Gasteiger partial charge in [0.25, 0.3) is 0 Å². The number of thiophene rings is 2. The lowest BCUT2D eigenvalue weighted by atomic mass is 9.88. The molecule has 0 saturated carbocycles. The Balaban J connectivity index is 1.30. The van der Waals surface area contributed by atoms with Gasteiger partial charge in [0, 0.05) is 23.7 Å². The van der Waals surface area contributed by atoms with E-state index in [2.05, 4.69) is 21.8 Å². The molecule has 1 aliphatic carbocycles. The third kappa shape index (κ3) is 5.73. The normalized spacial score (nSPS) is 15.0. The summed E-state index contributed by atoms with van der Waals surface area (Å²) < 4.78 is 7.27. The molecule has 176 valence electrons. The standard InChI is InChI=1S/C24H25N5O3S2/c1-2-29-18(7-9-27-29)13-26-24(31)32-14-17-3-5-19-20(12-25)23(34-21(19)11-17)28-22(30)6-4-16-8-10-33-15-16/h4,6-10,15,17H,2-3,5,11,13-14H2,1H3,(H,26,31)(H,28,30)/b6-4+. The Hall–Kier alpha value is -3.42. The van der Waals surface area contributed by atoms with E-state index in [1.807, 2.05) is 34.5 Å². The van der Waals surface area contributed by atoms with Crippen molar-refractivity contribution in [1.82, 2.24) is 15.1 Å². The molecule has 3 aromatic rings. The van der Waals surface area contributed by atoms with E-state index >= 15 is 0 Å². The number of rotatable bonds is 8. The first-order valence-corrected chi connectivity index (χ1v) is 12.8. The van der Waals surface area contributed by atoms with Gasteiger partial charge in [0.05, 0.1) is 24.4 Å². The van der Waals surface area contributed by atoms with Crippen LogP contribution in [-0.4, -0.2) is 28.4 Å². The molecule has 3 heterocycles. The fraction of sp³-hybridized carbons (Fsp3) is 0.333. The molecule has 0 radical (unpaired) electrons. The van der Waals surface area contributed by atoms with Crippen molar-refractivity contribution >= 4 is 45.8 Å². The summed E-state index contributed by atoms with van der Waals surface area (Å²) in [5, 5.41) is 24.0. The van der Waals surface area contributed by atoms with Crippen molar-refractivity contribution in [3.8, 4) is 6.07 Å². The Morgan fingerprint density at radius 3 is 3.06 bits per heavy atom. The van der Waals surface area contributed by atoms with E-state index in [-0.39, 0.29) is 11.8 Å². The Bertz CT molecular complexity index is 1220. The number of amides is 2. The van der Waals surface area contributed by atoms with Gasteiger partial charge < -0.3 is 15.4 Å². The minimum Gasteiger partial charge on any atom is -0.449 e. The molecule has 2 N–H and O–H groups in total. The zero-order valence-electron chi connectivity index (χ0n) is 18.7. The molecule has 0 fully saturated rings. The van der Waals surface area contributed by atoms with Gasteiger partial charge >= 0.3 is 6.09 Å². The van der Waals surface area contributed by atoms with Crippen LogP contribution in [-0.2, 0) is 35.5 Å². The zero-order chi connectivity index (χ0) is 23.9. The van der Waals surface area contributed by atoms with E-state index in [1.54, 1.807) is 23.6 Å². The van der Waals surface area contributed by atoms with Gasteiger partial charge in [-0.2, -0.15) is 21.7 Å². The molecule has 0 saturated heterocycles. The van der Waals surface area contributed by atoms with Crippen LogP contribution in [0.3, 0.4) is 0 Å². The van der Waals surface area contributed by atoms with Crippen LogP contribution in [0.1, 0.15) is 40.6 Å². The first-order chi connectivity index (χ1) is 16.6. The van der Waals surface area contributed by atoms with Gasteiger partial charge in [0.2, 0.25) is 5.91 Å². The summed E-state index contributed by atoms with van der Waals surface area (Å²) in [6.45, 7) is 3.40. The number of carbonyl (C=O) groups is 2. The molecule has 0 bridgehead atoms. The highest BCUT2D eigenvalue weighted by atomic mass is 32.1. The lowest BCUT2D eigenvalue weighted by molar-refractivity contribution is -0.111. The number of hydrogen-bond acceptors (Lipinski definition) is 7. The minimum absolute atomic E-state index is 0.173. The largest absolute Gasteiger partial charge is 0.449 e. The highest BCUT2D eigenvalue weighted by Crippen LogP contribution is 2.39. The number of alkyl carbamates (subject to hydrolysis) is 1. The summed E-state index contributed by atoms with van der Waals surface area (Å²) in [4.78, 5) is 25.6. The van der Waals surface area contributed by atoms with Crippen molar-refractivity contribution in [3.05, 3.63) is 62.4 Å². The molecular formula is C24H25N5O3S2. The van der Waals surface area contributed by atoms with Crippen molar-refractivity contribution in [2.24, 2.45) is 5.92 Å². The molecule has 3 aromatic heterocycles. The summed E-state index contributed by atoms with van der Waals surface area (Å²) >= 11 is 3.00. The summed E-state index contributed by atoms with van der Waals surface area (Å²) in [5.41, 5.74) is 3.43. The lowest BCUT2D eigenvalue weighted by Crippen LogP contribution is -2.28. The van der Waals surface area contributed by atoms with Crippen LogP contribution >= 0.6 is 22.7 Å². The molecule has 10 heteroatoms. The van der Waals surface area contributed by atoms with Crippen LogP contribution in [0.25, 0.3) is 6.08 Å². The van der Waals surface area contributed by atoms with Gasteiger partial charge in [-0.25, -0.2) is 4.79 Å². The second-order valence-corrected chi connectivity index (χ2v) is 9.78. The maximum absolute atomic E-state index is 12.4. The van der Waals surface area contributed by atoms with Crippen LogP contribution in [0.4, 0.5) is 9.80 Å². The molecule has 1 atom stereocenters. The molecule has 0 aromatic carbocycles. The van der Waals surface area contributed by atoms with E-state index in [4.69, 9.17) is 4.74 Å². The van der Waals surface area contributed by atoms with Gasteiger partial charge in [-0.1, -0.05) is 0 Å². The fourth-order valence-electron chi connectivity index (χ4n) is 3.90. The fourth-order valence-corrected chi connectivity index (χ4v) is 5.84. The molecule has 4 rings (SSSR count). The highest BCUT2D eigenvalue weighted by Gasteiger charge is 2.27. The number of aromatic nitrogens is 2. The Labute approximate surface area is 205 Å². The van der Waals surface area contributed by atoms with Crippen LogP contribution in [0.5, 0.6) is 0 Å². The molecule has 1 unspecified atom stereocenters. The number of anilines is 1. The smallest absolute Gasteiger partial charge is 0.407 e. The second-order valence-electron chi connectivity index (χ2n) is 7.90. The van der Waals surface area contributed by atoms with E-state index < -0.39 is 6.09 Å². The van der Waals surface area contributed by atoms with Crippen molar-refractivity contribution in [2.75, 3.05) is 11.9 Å². The van der Waals surface area contributed by atoms with Crippen molar-refractivity contribution < 1.29 is 14.3 Å². The number of nitriles is 1. The maximum Gasteiger partial charge on any atom is 0.407 e. The summed E-state index contributed by atoms with van der Waals surface area (Å²) in [6, 6.07) is 6.05. The molecule has 1 aliphatic rings. The average Bonchev–Trinajstić information content (AvgIpc) is 3.59. The summed E-state index contributed by atoms with van der Waals surface area (Å²) in [6.07, 6.45) is 6.73. The van der Waals surface area contributed by atoms with Crippen molar-refractivity contribution in [2.45, 2.75) is 39.3 Å². The number of hydrogen-bond donors (Lipinski definition) is 2. The predicted molar refractivity (Wildman–Crippen MR) is 133 cm³/mol. The quantitative estimate of drug-likeness (QED) is 0.445. The number of aryl methyl sites for hydroxylation is 1. The SMILES string of the molecule is CCn1nccc1CNC(=O)OCC1CCc2c(sc(NC(=O)/C=C/c3ccsc3)c2C#N)C1. The first-order valence-electron chi connectivity index (χ1n) is 11.0. The highest BCUT2D eigenvalue weighted by molar-refractivity contribution is 7.16. The van der Waals surface area contributed by atoms with Gasteiger partial charge in [0.15, 0.2) is 0 Å². The number of fused-ring (bicyclic) bond motifs is 1. The maximum atomic E-state index is 12.4. The number of ether oxygens (including phenoxy) is 1. The third-order valence-electron chi connectivity index (χ3n) is 5.65. The van der Waals surface area contributed by atoms with E-state index in [0.717, 1.165) is 41.1 Å². The Morgan fingerprint density at radius 2 is 2.29 bits per heavy atom.